The first-order chi connectivity index (χ1) is 28.7. The molecule has 3 aliphatic rings. The van der Waals surface area contributed by atoms with E-state index in [1.807, 2.05) is 64.2 Å². The molecule has 0 aliphatic carbocycles. The van der Waals surface area contributed by atoms with Crippen LogP contribution in [0.2, 0.25) is 0 Å². The molecule has 0 bridgehead atoms. The summed E-state index contributed by atoms with van der Waals surface area (Å²) in [5.41, 5.74) is 9.53. The van der Waals surface area contributed by atoms with Crippen LogP contribution < -0.4 is 21.1 Å². The first kappa shape index (κ1) is 39.1. The predicted molar refractivity (Wildman–Crippen MR) is 214 cm³/mol. The van der Waals surface area contributed by atoms with E-state index in [4.69, 9.17) is 25.0 Å². The molecule has 4 N–H and O–H groups in total. The van der Waals surface area contributed by atoms with Gasteiger partial charge in [0.05, 0.1) is 55.4 Å². The number of nitrogens with zero attached hydrogens (tertiary/aromatic N) is 6. The van der Waals surface area contributed by atoms with E-state index in [1.54, 1.807) is 18.2 Å². The molecule has 2 fully saturated rings. The van der Waals surface area contributed by atoms with Crippen molar-refractivity contribution in [2.45, 2.75) is 44.2 Å². The van der Waals surface area contributed by atoms with Crippen LogP contribution in [0.15, 0.2) is 79.1 Å². The van der Waals surface area contributed by atoms with Crippen LogP contribution in [-0.4, -0.2) is 111 Å². The van der Waals surface area contributed by atoms with Crippen molar-refractivity contribution >= 4 is 52.1 Å². The Morgan fingerprint density at radius 2 is 1.63 bits per heavy atom. The third-order valence-electron chi connectivity index (χ3n) is 10.6. The normalized spacial score (nSPS) is 18.0. The molecule has 5 heterocycles. The molecule has 2 saturated heterocycles. The highest BCUT2D eigenvalue weighted by atomic mass is 16.5. The Morgan fingerprint density at radius 3 is 2.42 bits per heavy atom. The molecule has 5 amide bonds. The monoisotopic (exact) mass is 801 g/mol. The van der Waals surface area contributed by atoms with E-state index >= 15 is 0 Å². The third kappa shape index (κ3) is 8.47. The van der Waals surface area contributed by atoms with Gasteiger partial charge in [0.15, 0.2) is 5.65 Å². The molecule has 0 radical (unpaired) electrons. The van der Waals surface area contributed by atoms with Crippen LogP contribution in [0.1, 0.15) is 58.9 Å². The Balaban J connectivity index is 0.771. The van der Waals surface area contributed by atoms with Crippen LogP contribution in [0.4, 0.5) is 11.5 Å². The van der Waals surface area contributed by atoms with Crippen LogP contribution in [0.3, 0.4) is 0 Å². The molecule has 0 saturated carbocycles. The summed E-state index contributed by atoms with van der Waals surface area (Å²) in [5, 5.41) is 11.0. The fourth-order valence-electron chi connectivity index (χ4n) is 7.63. The summed E-state index contributed by atoms with van der Waals surface area (Å²) in [7, 11) is 0. The van der Waals surface area contributed by atoms with Crippen LogP contribution in [0.5, 0.6) is 11.5 Å². The number of anilines is 2. The van der Waals surface area contributed by atoms with Gasteiger partial charge in [0.25, 0.3) is 11.8 Å². The predicted octanol–water partition coefficient (Wildman–Crippen LogP) is 3.97. The van der Waals surface area contributed by atoms with Crippen molar-refractivity contribution in [3.05, 3.63) is 90.3 Å². The number of benzene rings is 3. The third-order valence-corrected chi connectivity index (χ3v) is 10.6. The number of nitrogens with two attached hydrogens (primary N) is 1. The zero-order valence-corrected chi connectivity index (χ0v) is 32.2. The van der Waals surface area contributed by atoms with Gasteiger partial charge in [0.2, 0.25) is 17.7 Å². The van der Waals surface area contributed by atoms with Crippen molar-refractivity contribution in [1.29, 1.82) is 0 Å². The number of fused-ring (bicyclic) bond motifs is 2. The van der Waals surface area contributed by atoms with Gasteiger partial charge >= 0.3 is 0 Å². The van der Waals surface area contributed by atoms with Crippen LogP contribution in [0.25, 0.3) is 22.3 Å². The number of para-hydroxylation sites is 1. The maximum Gasteiger partial charge on any atom is 0.262 e. The lowest BCUT2D eigenvalue weighted by Crippen LogP contribution is -2.54. The summed E-state index contributed by atoms with van der Waals surface area (Å²) < 4.78 is 19.2. The number of aromatic nitrogens is 4. The summed E-state index contributed by atoms with van der Waals surface area (Å²) >= 11 is 0. The SMILES string of the molecule is Nc1ncnc2c1c(-c1ccc(Oc3ccccc3)cc1)nn2C1CCCN(C(=O)CCOCCOCCNc2ccc3c(c2)C(=O)N(C2CCC(=O)NC2=O)C3=O)C1. The van der Waals surface area contributed by atoms with E-state index in [0.29, 0.717) is 73.4 Å². The Bertz CT molecular complexity index is 2390. The molecule has 2 unspecified atom stereocenters. The summed E-state index contributed by atoms with van der Waals surface area (Å²) in [6.07, 6.45) is 3.45. The number of likely N-dealkylation sites (tertiary alicyclic amines) is 1. The minimum Gasteiger partial charge on any atom is -0.457 e. The number of piperidine rings is 2. The van der Waals surface area contributed by atoms with Crippen molar-refractivity contribution in [3.63, 3.8) is 0 Å². The van der Waals surface area contributed by atoms with Gasteiger partial charge in [-0.2, -0.15) is 5.10 Å². The number of imide groups is 2. The second-order valence-electron chi connectivity index (χ2n) is 14.4. The van der Waals surface area contributed by atoms with E-state index in [0.717, 1.165) is 29.1 Å². The average Bonchev–Trinajstić information content (AvgIpc) is 3.76. The van der Waals surface area contributed by atoms with Gasteiger partial charge < -0.3 is 30.2 Å². The van der Waals surface area contributed by atoms with Crippen molar-refractivity contribution in [2.75, 3.05) is 57.1 Å². The molecule has 5 aromatic rings. The maximum atomic E-state index is 13.3. The number of carbonyl (C=O) groups is 5. The molecular weight excluding hydrogens is 759 g/mol. The molecular formula is C42H43N9O8. The van der Waals surface area contributed by atoms with Crippen molar-refractivity contribution in [2.24, 2.45) is 0 Å². The summed E-state index contributed by atoms with van der Waals surface area (Å²) in [6.45, 7) is 2.77. The lowest BCUT2D eigenvalue weighted by atomic mass is 10.0. The number of carbonyl (C=O) groups excluding carboxylic acids is 5. The molecule has 3 aliphatic heterocycles. The van der Waals surface area contributed by atoms with E-state index < -0.39 is 29.7 Å². The minimum absolute atomic E-state index is 0.00518. The van der Waals surface area contributed by atoms with Crippen LogP contribution in [-0.2, 0) is 23.9 Å². The number of amides is 5. The first-order valence-electron chi connectivity index (χ1n) is 19.6. The fraction of sp³-hybridized carbons (Fsp3) is 0.333. The van der Waals surface area contributed by atoms with Gasteiger partial charge in [-0.3, -0.25) is 34.2 Å². The van der Waals surface area contributed by atoms with Crippen molar-refractivity contribution < 1.29 is 38.2 Å². The van der Waals surface area contributed by atoms with Crippen LogP contribution >= 0.6 is 0 Å². The molecule has 59 heavy (non-hydrogen) atoms. The number of rotatable bonds is 15. The molecule has 2 atom stereocenters. The minimum atomic E-state index is -1.01. The zero-order valence-electron chi connectivity index (χ0n) is 32.2. The van der Waals surface area contributed by atoms with Gasteiger partial charge in [-0.05, 0) is 73.9 Å². The number of nitrogen functional groups attached to an aromatic ring is 1. The van der Waals surface area contributed by atoms with E-state index in [9.17, 15) is 24.0 Å². The first-order valence-corrected chi connectivity index (χ1v) is 19.6. The highest BCUT2D eigenvalue weighted by Gasteiger charge is 2.44. The zero-order chi connectivity index (χ0) is 40.9. The van der Waals surface area contributed by atoms with Crippen molar-refractivity contribution in [1.82, 2.24) is 34.9 Å². The van der Waals surface area contributed by atoms with Gasteiger partial charge in [-0.15, -0.1) is 0 Å². The fourth-order valence-corrected chi connectivity index (χ4v) is 7.63. The lowest BCUT2D eigenvalue weighted by Gasteiger charge is -2.33. The quantitative estimate of drug-likeness (QED) is 0.101. The maximum absolute atomic E-state index is 13.3. The number of ether oxygens (including phenoxy) is 3. The number of nitrogens with one attached hydrogen (secondary N) is 2. The topological polar surface area (TPSA) is 213 Å². The average molecular weight is 802 g/mol. The summed E-state index contributed by atoms with van der Waals surface area (Å²) in [6, 6.07) is 20.9. The highest BCUT2D eigenvalue weighted by molar-refractivity contribution is 6.23. The summed E-state index contributed by atoms with van der Waals surface area (Å²) in [5.74, 6) is -0.428. The van der Waals surface area contributed by atoms with E-state index in [1.165, 1.54) is 6.33 Å². The van der Waals surface area contributed by atoms with E-state index in [-0.39, 0.29) is 48.9 Å². The Labute approximate surface area is 338 Å². The number of hydrogen-bond acceptors (Lipinski definition) is 13. The standard InChI is InChI=1S/C42H43N9O8/c43-38-36-37(26-8-11-30(12-9-26)59-29-6-2-1-3-7-29)48-51(39(36)46-25-45-38)28-5-4-18-49(24-28)35(53)16-19-57-21-22-58-20-17-44-27-10-13-31-32(23-27)42(56)50(41(31)55)33-14-15-34(52)47-40(33)54/h1-3,6-13,23,25,28,33,44H,4-5,14-22,24H2,(H2,43,45,46)(H,47,52,54). The number of hydrogen-bond donors (Lipinski definition) is 3. The second kappa shape index (κ2) is 17.4. The van der Waals surface area contributed by atoms with Gasteiger partial charge in [0.1, 0.15) is 35.4 Å². The molecule has 3 aromatic carbocycles. The molecule has 17 heteroatoms. The molecule has 2 aromatic heterocycles. The largest absolute Gasteiger partial charge is 0.457 e. The van der Waals surface area contributed by atoms with E-state index in [2.05, 4.69) is 20.6 Å². The summed E-state index contributed by atoms with van der Waals surface area (Å²) in [4.78, 5) is 74.7. The second-order valence-corrected chi connectivity index (χ2v) is 14.4. The highest BCUT2D eigenvalue weighted by Crippen LogP contribution is 2.35. The molecule has 0 spiro atoms. The Morgan fingerprint density at radius 1 is 0.864 bits per heavy atom. The molecule has 8 rings (SSSR count). The molecule has 17 nitrogen and oxygen atoms in total. The van der Waals surface area contributed by atoms with Crippen LogP contribution in [0, 0.1) is 0 Å². The van der Waals surface area contributed by atoms with Gasteiger partial charge in [-0.1, -0.05) is 18.2 Å². The lowest BCUT2D eigenvalue weighted by molar-refractivity contribution is -0.136. The Kier molecular flexibility index (Phi) is 11.5. The Hall–Kier alpha value is -6.72. The molecule has 304 valence electrons. The van der Waals surface area contributed by atoms with Crippen molar-refractivity contribution in [3.8, 4) is 22.8 Å². The van der Waals surface area contributed by atoms with Gasteiger partial charge in [0, 0.05) is 37.3 Å². The van der Waals surface area contributed by atoms with Gasteiger partial charge in [-0.25, -0.2) is 14.6 Å². The smallest absolute Gasteiger partial charge is 0.262 e.